The van der Waals surface area contributed by atoms with Gasteiger partial charge in [0.05, 0.1) is 11.4 Å². The first-order chi connectivity index (χ1) is 12.1. The number of hydrogen-bond acceptors (Lipinski definition) is 3. The monoisotopic (exact) mass is 422 g/mol. The van der Waals surface area contributed by atoms with E-state index in [-0.39, 0.29) is 5.92 Å². The quantitative estimate of drug-likeness (QED) is 0.705. The molecule has 0 saturated heterocycles. The van der Waals surface area contributed by atoms with Crippen LogP contribution in [0.1, 0.15) is 43.6 Å². The Morgan fingerprint density at radius 1 is 1.23 bits per heavy atom. The molecule has 6 heteroatoms. The Bertz CT molecular complexity index is 846. The molecule has 0 aliphatic heterocycles. The van der Waals surface area contributed by atoms with Gasteiger partial charge in [0.2, 0.25) is 0 Å². The van der Waals surface area contributed by atoms with Crippen LogP contribution in [-0.2, 0) is 6.42 Å². The van der Waals surface area contributed by atoms with Crippen molar-refractivity contribution >= 4 is 21.6 Å². The molecule has 1 atom stereocenters. The van der Waals surface area contributed by atoms with Crippen LogP contribution in [0.25, 0.3) is 0 Å². The van der Waals surface area contributed by atoms with Crippen molar-refractivity contribution in [3.63, 3.8) is 0 Å². The molecular weight excluding hydrogens is 402 g/mol. The molecule has 0 saturated carbocycles. The highest BCUT2D eigenvalue weighted by molar-refractivity contribution is 9.10. The fraction of sp³-hybridized carbons (Fsp3) is 0.350. The Morgan fingerprint density at radius 3 is 2.38 bits per heavy atom. The van der Waals surface area contributed by atoms with Crippen LogP contribution in [0.5, 0.6) is 0 Å². The van der Waals surface area contributed by atoms with Gasteiger partial charge in [0.25, 0.3) is 0 Å². The fourth-order valence-corrected chi connectivity index (χ4v) is 3.23. The molecule has 0 aliphatic carbocycles. The second-order valence-corrected chi connectivity index (χ2v) is 7.55. The summed E-state index contributed by atoms with van der Waals surface area (Å²) in [5, 5.41) is 12.8. The summed E-state index contributed by atoms with van der Waals surface area (Å²) in [6, 6.07) is 5.36. The van der Waals surface area contributed by atoms with Crippen LogP contribution in [0.4, 0.5) is 14.5 Å². The highest BCUT2D eigenvalue weighted by Crippen LogP contribution is 2.30. The average molecular weight is 423 g/mol. The van der Waals surface area contributed by atoms with Gasteiger partial charge in [0.1, 0.15) is 22.9 Å². The predicted molar refractivity (Wildman–Crippen MR) is 103 cm³/mol. The topological polar surface area (TPSA) is 45.2 Å². The molecule has 0 amide bonds. The minimum Gasteiger partial charge on any atom is -0.386 e. The van der Waals surface area contributed by atoms with Gasteiger partial charge in [-0.3, -0.25) is 0 Å². The van der Waals surface area contributed by atoms with Crippen molar-refractivity contribution in [2.24, 2.45) is 0 Å². The zero-order chi connectivity index (χ0) is 19.5. The van der Waals surface area contributed by atoms with Crippen molar-refractivity contribution in [2.45, 2.75) is 38.7 Å². The molecule has 3 nitrogen and oxygen atoms in total. The maximum absolute atomic E-state index is 13.4. The molecule has 0 aliphatic rings. The van der Waals surface area contributed by atoms with Gasteiger partial charge in [-0.25, -0.2) is 13.8 Å². The van der Waals surface area contributed by atoms with E-state index in [4.69, 9.17) is 0 Å². The lowest BCUT2D eigenvalue weighted by molar-refractivity contribution is 0.143. The fourth-order valence-electron chi connectivity index (χ4n) is 2.53. The Kier molecular flexibility index (Phi) is 6.38. The summed E-state index contributed by atoms with van der Waals surface area (Å²) in [6.07, 6.45) is 0.428. The molecule has 1 heterocycles. The molecule has 138 valence electrons. The van der Waals surface area contributed by atoms with Gasteiger partial charge in [0.15, 0.2) is 0 Å². The summed E-state index contributed by atoms with van der Waals surface area (Å²) in [5.74, 6) is 4.36. The lowest BCUT2D eigenvalue weighted by atomic mass is 9.97. The number of halogens is 3. The Balaban J connectivity index is 2.39. The average Bonchev–Trinajstić information content (AvgIpc) is 2.51. The third-order valence-electron chi connectivity index (χ3n) is 3.69. The predicted octanol–water partition coefficient (Wildman–Crippen LogP) is 4.63. The van der Waals surface area contributed by atoms with E-state index in [1.54, 1.807) is 20.9 Å². The maximum atomic E-state index is 13.4. The minimum atomic E-state index is -1.13. The molecular formula is C20H21BrF2N2O. The van der Waals surface area contributed by atoms with Gasteiger partial charge in [0, 0.05) is 23.5 Å². The first-order valence-electron chi connectivity index (χ1n) is 8.17. The normalized spacial score (nSPS) is 12.3. The smallest absolute Gasteiger partial charge is 0.136 e. The number of pyridine rings is 1. The van der Waals surface area contributed by atoms with Crippen LogP contribution in [0.15, 0.2) is 28.7 Å². The Labute approximate surface area is 161 Å². The molecule has 0 spiro atoms. The summed E-state index contributed by atoms with van der Waals surface area (Å²) in [4.78, 5) is 4.61. The number of nitrogens with zero attached hydrogens (tertiary/aromatic N) is 1. The van der Waals surface area contributed by atoms with Crippen LogP contribution in [0.3, 0.4) is 0 Å². The van der Waals surface area contributed by atoms with E-state index in [0.29, 0.717) is 17.7 Å². The first-order valence-corrected chi connectivity index (χ1v) is 8.97. The van der Waals surface area contributed by atoms with Crippen molar-refractivity contribution in [1.82, 2.24) is 4.98 Å². The largest absolute Gasteiger partial charge is 0.386 e. The molecule has 26 heavy (non-hydrogen) atoms. The van der Waals surface area contributed by atoms with Crippen LogP contribution < -0.4 is 5.32 Å². The summed E-state index contributed by atoms with van der Waals surface area (Å²) < 4.78 is 27.6. The molecule has 0 radical (unpaired) electrons. The van der Waals surface area contributed by atoms with E-state index in [1.165, 1.54) is 12.1 Å². The van der Waals surface area contributed by atoms with E-state index >= 15 is 0 Å². The van der Waals surface area contributed by atoms with Gasteiger partial charge in [-0.05, 0) is 65.9 Å². The third-order valence-corrected chi connectivity index (χ3v) is 4.33. The van der Waals surface area contributed by atoms with Gasteiger partial charge >= 0.3 is 0 Å². The van der Waals surface area contributed by atoms with Crippen molar-refractivity contribution < 1.29 is 13.9 Å². The Morgan fingerprint density at radius 2 is 1.85 bits per heavy atom. The number of benzene rings is 1. The molecule has 2 N–H and O–H groups in total. The SMILES string of the molecule is CNc1cc(Br)c([C@@H](C)Cc2cc(F)cc(F)c2)nc1C#CC(C)(C)O. The lowest BCUT2D eigenvalue weighted by Gasteiger charge is -2.16. The standard InChI is InChI=1S/C20H21BrF2N2O/c1-12(7-13-8-14(22)10-15(23)9-13)19-16(21)11-18(24-4)17(25-19)5-6-20(2,3)26/h8-12,24,26H,7H2,1-4H3/t12-/m0/s1. The van der Waals surface area contributed by atoms with Crippen LogP contribution in [0, 0.1) is 23.5 Å². The first kappa shape index (κ1) is 20.3. The minimum absolute atomic E-state index is 0.0980. The second kappa shape index (κ2) is 8.15. The highest BCUT2D eigenvalue weighted by atomic mass is 79.9. The number of hydrogen-bond donors (Lipinski definition) is 2. The summed E-state index contributed by atoms with van der Waals surface area (Å²) in [5.41, 5.74) is 1.38. The van der Waals surface area contributed by atoms with Crippen LogP contribution in [-0.4, -0.2) is 22.7 Å². The molecule has 2 rings (SSSR count). The second-order valence-electron chi connectivity index (χ2n) is 6.69. The van der Waals surface area contributed by atoms with Crippen molar-refractivity contribution in [1.29, 1.82) is 0 Å². The lowest BCUT2D eigenvalue weighted by Crippen LogP contribution is -2.15. The number of aliphatic hydroxyl groups is 1. The summed E-state index contributed by atoms with van der Waals surface area (Å²) in [7, 11) is 1.76. The van der Waals surface area contributed by atoms with E-state index < -0.39 is 17.2 Å². The van der Waals surface area contributed by atoms with Crippen molar-refractivity contribution in [3.8, 4) is 11.8 Å². The van der Waals surface area contributed by atoms with Crippen molar-refractivity contribution in [3.05, 3.63) is 57.3 Å². The van der Waals surface area contributed by atoms with E-state index in [0.717, 1.165) is 21.9 Å². The van der Waals surface area contributed by atoms with Crippen molar-refractivity contribution in [2.75, 3.05) is 12.4 Å². The molecule has 0 unspecified atom stereocenters. The maximum Gasteiger partial charge on any atom is 0.136 e. The molecule has 0 fully saturated rings. The van der Waals surface area contributed by atoms with Gasteiger partial charge in [-0.2, -0.15) is 0 Å². The number of anilines is 1. The summed E-state index contributed by atoms with van der Waals surface area (Å²) >= 11 is 3.51. The van der Waals surface area contributed by atoms with Gasteiger partial charge in [-0.15, -0.1) is 0 Å². The zero-order valence-corrected chi connectivity index (χ0v) is 16.7. The molecule has 2 aromatic rings. The molecule has 0 bridgehead atoms. The Hall–Kier alpha value is -1.97. The molecule has 1 aromatic carbocycles. The summed E-state index contributed by atoms with van der Waals surface area (Å²) in [6.45, 7) is 5.13. The van der Waals surface area contributed by atoms with Gasteiger partial charge in [-0.1, -0.05) is 12.8 Å². The third kappa shape index (κ3) is 5.52. The zero-order valence-electron chi connectivity index (χ0n) is 15.1. The number of nitrogens with one attached hydrogen (secondary N) is 1. The van der Waals surface area contributed by atoms with E-state index in [9.17, 15) is 13.9 Å². The number of rotatable bonds is 4. The van der Waals surface area contributed by atoms with E-state index in [1.807, 2.05) is 13.0 Å². The van der Waals surface area contributed by atoms with Crippen LogP contribution >= 0.6 is 15.9 Å². The van der Waals surface area contributed by atoms with E-state index in [2.05, 4.69) is 38.1 Å². The molecule has 1 aromatic heterocycles. The van der Waals surface area contributed by atoms with Crippen LogP contribution in [0.2, 0.25) is 0 Å². The number of aromatic nitrogens is 1. The highest BCUT2D eigenvalue weighted by Gasteiger charge is 2.16. The van der Waals surface area contributed by atoms with Gasteiger partial charge < -0.3 is 10.4 Å².